The first-order valence-electron chi connectivity index (χ1n) is 8.45. The molecule has 0 saturated carbocycles. The number of rotatable bonds is 4. The Bertz CT molecular complexity index is 731. The number of nitro benzene ring substituents is 1. The van der Waals surface area contributed by atoms with Crippen molar-refractivity contribution in [2.24, 2.45) is 0 Å². The van der Waals surface area contributed by atoms with Gasteiger partial charge in [-0.3, -0.25) is 10.1 Å². The Morgan fingerprint density at radius 1 is 1.31 bits per heavy atom. The summed E-state index contributed by atoms with van der Waals surface area (Å²) >= 11 is 0. The van der Waals surface area contributed by atoms with Crippen LogP contribution in [-0.4, -0.2) is 42.1 Å². The topological polar surface area (TPSA) is 108 Å². The van der Waals surface area contributed by atoms with E-state index in [1.165, 1.54) is 19.2 Å². The average Bonchev–Trinajstić information content (AvgIpc) is 2.54. The second-order valence-corrected chi connectivity index (χ2v) is 10.6. The minimum atomic E-state index is -2.67. The first-order chi connectivity index (χ1) is 12.0. The third kappa shape index (κ3) is 4.97. The maximum atomic E-state index is 13.3. The summed E-state index contributed by atoms with van der Waals surface area (Å²) in [6.45, 7) is 5.39. The number of hydrogen-bond donors (Lipinski definition) is 1. The molecule has 1 heterocycles. The highest BCUT2D eigenvalue weighted by molar-refractivity contribution is 7.71. The van der Waals surface area contributed by atoms with Crippen LogP contribution in [0.25, 0.3) is 0 Å². The average molecular weight is 384 g/mol. The number of methoxy groups -OCH3 is 1. The van der Waals surface area contributed by atoms with Gasteiger partial charge in [-0.1, -0.05) is 0 Å². The predicted molar refractivity (Wildman–Crippen MR) is 99.0 cm³/mol. The summed E-state index contributed by atoms with van der Waals surface area (Å²) in [5, 5.41) is 14.4. The summed E-state index contributed by atoms with van der Waals surface area (Å²) in [6.07, 6.45) is 1.50. The summed E-state index contributed by atoms with van der Waals surface area (Å²) in [5.41, 5.74) is -0.715. The number of nitrogens with one attached hydrogen (secondary N) is 1. The lowest BCUT2D eigenvalue weighted by molar-refractivity contribution is -0.385. The van der Waals surface area contributed by atoms with Crippen LogP contribution in [0.2, 0.25) is 0 Å². The molecule has 0 unspecified atom stereocenters. The fourth-order valence-corrected chi connectivity index (χ4v) is 5.83. The zero-order chi connectivity index (χ0) is 19.5. The fraction of sp³-hybridized carbons (Fsp3) is 0.588. The molecule has 9 heteroatoms. The molecule has 0 atom stereocenters. The normalized spacial score (nSPS) is 23.2. The van der Waals surface area contributed by atoms with E-state index in [0.29, 0.717) is 30.5 Å². The monoisotopic (exact) mass is 384 g/mol. The summed E-state index contributed by atoms with van der Waals surface area (Å²) in [7, 11) is -1.32. The molecule has 144 valence electrons. The zero-order valence-electron chi connectivity index (χ0n) is 15.5. The number of carbonyl (C=O) groups excluding carboxylic acids is 1. The number of benzene rings is 1. The van der Waals surface area contributed by atoms with Crippen LogP contribution in [0.1, 0.15) is 33.6 Å². The van der Waals surface area contributed by atoms with E-state index >= 15 is 0 Å². The second kappa shape index (κ2) is 7.66. The van der Waals surface area contributed by atoms with E-state index in [2.05, 4.69) is 5.32 Å². The highest BCUT2D eigenvalue weighted by Crippen LogP contribution is 2.50. The van der Waals surface area contributed by atoms with Crippen LogP contribution in [0, 0.1) is 10.1 Å². The lowest BCUT2D eigenvalue weighted by Gasteiger charge is -2.30. The second-order valence-electron chi connectivity index (χ2n) is 7.37. The third-order valence-corrected chi connectivity index (χ3v) is 7.41. The van der Waals surface area contributed by atoms with Crippen molar-refractivity contribution in [1.82, 2.24) is 5.32 Å². The van der Waals surface area contributed by atoms with Crippen LogP contribution in [-0.2, 0) is 9.30 Å². The predicted octanol–water partition coefficient (Wildman–Crippen LogP) is 3.28. The lowest BCUT2D eigenvalue weighted by Crippen LogP contribution is -2.42. The van der Waals surface area contributed by atoms with E-state index < -0.39 is 23.8 Å². The number of carbonyl (C=O) groups is 1. The molecule has 0 spiro atoms. The Morgan fingerprint density at radius 3 is 2.42 bits per heavy atom. The molecule has 0 aliphatic carbocycles. The molecular weight excluding hydrogens is 359 g/mol. The number of nitro groups is 1. The first-order valence-corrected chi connectivity index (χ1v) is 10.5. The molecule has 1 aromatic rings. The van der Waals surface area contributed by atoms with Crippen molar-refractivity contribution in [3.63, 3.8) is 0 Å². The van der Waals surface area contributed by atoms with E-state index in [1.807, 2.05) is 0 Å². The largest absolute Gasteiger partial charge is 0.490 e. The van der Waals surface area contributed by atoms with Gasteiger partial charge in [0.05, 0.1) is 12.0 Å². The molecule has 1 fully saturated rings. The highest BCUT2D eigenvalue weighted by atomic mass is 31.2. The van der Waals surface area contributed by atoms with E-state index in [-0.39, 0.29) is 17.5 Å². The Morgan fingerprint density at radius 2 is 1.92 bits per heavy atom. The van der Waals surface area contributed by atoms with Gasteiger partial charge in [-0.2, -0.15) is 0 Å². The first kappa shape index (κ1) is 20.2. The van der Waals surface area contributed by atoms with Crippen molar-refractivity contribution in [2.75, 3.05) is 19.4 Å². The van der Waals surface area contributed by atoms with Gasteiger partial charge in [0, 0.05) is 29.7 Å². The third-order valence-electron chi connectivity index (χ3n) is 4.23. The standard InChI is InChI=1S/C17H25N2O6P/c1-17(2,3)25-16(20)18-12-7-9-26(23,10-8-12)13-5-6-14(19(21)22)15(11-13)24-4/h5-6,11-12H,7-10H2,1-4H3,(H,18,20). The molecular formula is C17H25N2O6P. The summed E-state index contributed by atoms with van der Waals surface area (Å²) in [4.78, 5) is 22.3. The van der Waals surface area contributed by atoms with Gasteiger partial charge in [-0.15, -0.1) is 0 Å². The van der Waals surface area contributed by atoms with Gasteiger partial charge in [0.25, 0.3) is 0 Å². The number of nitrogens with zero attached hydrogens (tertiary/aromatic N) is 1. The van der Waals surface area contributed by atoms with E-state index in [4.69, 9.17) is 9.47 Å². The van der Waals surface area contributed by atoms with E-state index in [0.717, 1.165) is 0 Å². The number of hydrogen-bond acceptors (Lipinski definition) is 6. The van der Waals surface area contributed by atoms with Crippen LogP contribution < -0.4 is 15.4 Å². The Balaban J connectivity index is 2.05. The number of alkyl carbamates (subject to hydrolysis) is 1. The zero-order valence-corrected chi connectivity index (χ0v) is 16.4. The molecule has 1 aliphatic rings. The smallest absolute Gasteiger partial charge is 0.407 e. The van der Waals surface area contributed by atoms with Crippen molar-refractivity contribution in [1.29, 1.82) is 0 Å². The van der Waals surface area contributed by atoms with Gasteiger partial charge in [0.1, 0.15) is 12.7 Å². The van der Waals surface area contributed by atoms with Gasteiger partial charge in [0.2, 0.25) is 0 Å². The molecule has 2 rings (SSSR count). The molecule has 1 amide bonds. The summed E-state index contributed by atoms with van der Waals surface area (Å²) in [5.74, 6) is 0.108. The van der Waals surface area contributed by atoms with Gasteiger partial charge < -0.3 is 19.4 Å². The molecule has 0 bridgehead atoms. The molecule has 1 N–H and O–H groups in total. The number of ether oxygens (including phenoxy) is 2. The minimum absolute atomic E-state index is 0.0909. The van der Waals surface area contributed by atoms with Crippen molar-refractivity contribution in [2.45, 2.75) is 45.3 Å². The van der Waals surface area contributed by atoms with Gasteiger partial charge in [-0.05, 0) is 45.7 Å². The maximum Gasteiger partial charge on any atom is 0.407 e. The molecule has 8 nitrogen and oxygen atoms in total. The Hall–Kier alpha value is -2.08. The van der Waals surface area contributed by atoms with Crippen LogP contribution in [0.3, 0.4) is 0 Å². The van der Waals surface area contributed by atoms with E-state index in [1.54, 1.807) is 26.8 Å². The summed E-state index contributed by atoms with van der Waals surface area (Å²) < 4.78 is 23.6. The highest BCUT2D eigenvalue weighted by Gasteiger charge is 2.34. The van der Waals surface area contributed by atoms with Crippen LogP contribution in [0.15, 0.2) is 18.2 Å². The van der Waals surface area contributed by atoms with E-state index in [9.17, 15) is 19.5 Å². The molecule has 0 aromatic heterocycles. The molecule has 0 radical (unpaired) electrons. The summed E-state index contributed by atoms with van der Waals surface area (Å²) in [6, 6.07) is 4.29. The quantitative estimate of drug-likeness (QED) is 0.485. The molecule has 1 saturated heterocycles. The van der Waals surface area contributed by atoms with Crippen molar-refractivity contribution in [3.8, 4) is 5.75 Å². The van der Waals surface area contributed by atoms with Gasteiger partial charge in [0.15, 0.2) is 5.75 Å². The lowest BCUT2D eigenvalue weighted by atomic mass is 10.1. The fourth-order valence-electron chi connectivity index (χ4n) is 2.93. The molecule has 1 aromatic carbocycles. The Kier molecular flexibility index (Phi) is 5.96. The van der Waals surface area contributed by atoms with Crippen molar-refractivity contribution < 1.29 is 23.8 Å². The van der Waals surface area contributed by atoms with Crippen LogP contribution in [0.5, 0.6) is 5.75 Å². The number of amides is 1. The SMILES string of the molecule is COc1cc(P2(=O)CCC(NC(=O)OC(C)(C)C)CC2)ccc1[N+](=O)[O-]. The minimum Gasteiger partial charge on any atom is -0.490 e. The van der Waals surface area contributed by atoms with Crippen molar-refractivity contribution >= 4 is 24.2 Å². The molecule has 26 heavy (non-hydrogen) atoms. The maximum absolute atomic E-state index is 13.3. The molecule has 1 aliphatic heterocycles. The van der Waals surface area contributed by atoms with Gasteiger partial charge in [-0.25, -0.2) is 4.79 Å². The van der Waals surface area contributed by atoms with Crippen molar-refractivity contribution in [3.05, 3.63) is 28.3 Å². The van der Waals surface area contributed by atoms with Crippen LogP contribution in [0.4, 0.5) is 10.5 Å². The van der Waals surface area contributed by atoms with Gasteiger partial charge >= 0.3 is 11.8 Å². The Labute approximate surface area is 152 Å². The van der Waals surface area contributed by atoms with Crippen LogP contribution >= 0.6 is 7.14 Å².